The van der Waals surface area contributed by atoms with E-state index in [0.717, 1.165) is 5.01 Å². The van der Waals surface area contributed by atoms with E-state index in [0.29, 0.717) is 5.13 Å². The van der Waals surface area contributed by atoms with Crippen LogP contribution in [-0.2, 0) is 12.8 Å². The molecule has 0 aromatic carbocycles. The highest BCUT2D eigenvalue weighted by atomic mass is 32.1. The molecule has 0 aliphatic heterocycles. The van der Waals surface area contributed by atoms with Crippen LogP contribution in [-0.4, -0.2) is 10.2 Å². The lowest BCUT2D eigenvalue weighted by Gasteiger charge is -2.11. The third-order valence-corrected chi connectivity index (χ3v) is 4.61. The first kappa shape index (κ1) is 9.30. The number of nitrogen functional groups attached to an aromatic ring is 1. The van der Waals surface area contributed by atoms with E-state index in [1.807, 2.05) is 11.3 Å². The summed E-state index contributed by atoms with van der Waals surface area (Å²) in [5.41, 5.74) is 8.36. The quantitative estimate of drug-likeness (QED) is 0.829. The summed E-state index contributed by atoms with van der Waals surface area (Å²) in [5, 5.41) is 11.7. The maximum absolute atomic E-state index is 5.61. The number of nitrogens with zero attached hydrogens (tertiary/aromatic N) is 2. The van der Waals surface area contributed by atoms with Gasteiger partial charge in [-0.3, -0.25) is 0 Å². The predicted octanol–water partition coefficient (Wildman–Crippen LogP) is 2.73. The second kappa shape index (κ2) is 3.57. The zero-order valence-corrected chi connectivity index (χ0v) is 9.83. The number of hydrogen-bond acceptors (Lipinski definition) is 5. The highest BCUT2D eigenvalue weighted by Gasteiger charge is 2.18. The van der Waals surface area contributed by atoms with E-state index in [1.54, 1.807) is 0 Å². The summed E-state index contributed by atoms with van der Waals surface area (Å²) in [4.78, 5) is 1.53. The Bertz CT molecular complexity index is 487. The third kappa shape index (κ3) is 1.55. The van der Waals surface area contributed by atoms with Crippen molar-refractivity contribution >= 4 is 27.8 Å². The van der Waals surface area contributed by atoms with E-state index in [2.05, 4.69) is 15.6 Å². The number of hydrogen-bond donors (Lipinski definition) is 1. The van der Waals surface area contributed by atoms with Gasteiger partial charge in [0, 0.05) is 15.8 Å². The van der Waals surface area contributed by atoms with Gasteiger partial charge in [-0.05, 0) is 31.2 Å². The standard InChI is InChI=1S/C10H11N3S2/c11-10-13-12-9(15-10)7-5-14-8-4-2-1-3-6(7)8/h5H,1-4H2,(H2,11,13). The van der Waals surface area contributed by atoms with Gasteiger partial charge in [0.05, 0.1) is 0 Å². The lowest BCUT2D eigenvalue weighted by Crippen LogP contribution is -1.99. The van der Waals surface area contributed by atoms with Crippen molar-refractivity contribution in [3.63, 3.8) is 0 Å². The number of rotatable bonds is 1. The van der Waals surface area contributed by atoms with Crippen LogP contribution < -0.4 is 5.73 Å². The summed E-state index contributed by atoms with van der Waals surface area (Å²) in [6.45, 7) is 0. The van der Waals surface area contributed by atoms with Gasteiger partial charge in [-0.25, -0.2) is 0 Å². The van der Waals surface area contributed by atoms with Gasteiger partial charge in [-0.1, -0.05) is 11.3 Å². The molecular weight excluding hydrogens is 226 g/mol. The first-order valence-corrected chi connectivity index (χ1v) is 6.73. The highest BCUT2D eigenvalue weighted by molar-refractivity contribution is 7.18. The topological polar surface area (TPSA) is 51.8 Å². The van der Waals surface area contributed by atoms with Crippen molar-refractivity contribution in [3.8, 4) is 10.6 Å². The Kier molecular flexibility index (Phi) is 2.21. The molecule has 0 saturated heterocycles. The van der Waals surface area contributed by atoms with Gasteiger partial charge in [-0.15, -0.1) is 21.5 Å². The SMILES string of the molecule is Nc1nnc(-c2csc3c2CCCC3)s1. The van der Waals surface area contributed by atoms with Crippen LogP contribution in [0.3, 0.4) is 0 Å². The van der Waals surface area contributed by atoms with Gasteiger partial charge in [0.2, 0.25) is 5.13 Å². The molecule has 15 heavy (non-hydrogen) atoms. The van der Waals surface area contributed by atoms with Crippen molar-refractivity contribution < 1.29 is 0 Å². The first-order chi connectivity index (χ1) is 7.34. The Labute approximate surface area is 96.0 Å². The zero-order valence-electron chi connectivity index (χ0n) is 8.19. The molecule has 0 radical (unpaired) electrons. The third-order valence-electron chi connectivity index (χ3n) is 2.73. The number of anilines is 1. The molecule has 2 N–H and O–H groups in total. The number of fused-ring (bicyclic) bond motifs is 1. The van der Waals surface area contributed by atoms with Gasteiger partial charge < -0.3 is 5.73 Å². The maximum atomic E-state index is 5.61. The molecule has 0 unspecified atom stereocenters. The monoisotopic (exact) mass is 237 g/mol. The second-order valence-electron chi connectivity index (χ2n) is 3.70. The molecule has 2 aromatic rings. The van der Waals surface area contributed by atoms with E-state index in [9.17, 15) is 0 Å². The fourth-order valence-electron chi connectivity index (χ4n) is 2.02. The second-order valence-corrected chi connectivity index (χ2v) is 5.68. The molecule has 0 fully saturated rings. The average Bonchev–Trinajstić information content (AvgIpc) is 2.83. The van der Waals surface area contributed by atoms with Gasteiger partial charge in [0.15, 0.2) is 5.01 Å². The maximum Gasteiger partial charge on any atom is 0.203 e. The molecule has 1 aliphatic rings. The Morgan fingerprint density at radius 1 is 1.20 bits per heavy atom. The van der Waals surface area contributed by atoms with Crippen LogP contribution in [0.15, 0.2) is 5.38 Å². The molecule has 78 valence electrons. The fraction of sp³-hybridized carbons (Fsp3) is 0.400. The number of nitrogens with two attached hydrogens (primary N) is 1. The van der Waals surface area contributed by atoms with Gasteiger partial charge >= 0.3 is 0 Å². The van der Waals surface area contributed by atoms with E-state index >= 15 is 0 Å². The molecule has 2 heterocycles. The molecule has 0 amide bonds. The minimum atomic E-state index is 0.556. The van der Waals surface area contributed by atoms with Gasteiger partial charge in [0.1, 0.15) is 0 Å². The fourth-order valence-corrected chi connectivity index (χ4v) is 3.88. The summed E-state index contributed by atoms with van der Waals surface area (Å²) in [6.07, 6.45) is 5.04. The lowest BCUT2D eigenvalue weighted by atomic mass is 9.96. The van der Waals surface area contributed by atoms with Crippen LogP contribution in [0.1, 0.15) is 23.3 Å². The van der Waals surface area contributed by atoms with Crippen molar-refractivity contribution in [1.29, 1.82) is 0 Å². The summed E-state index contributed by atoms with van der Waals surface area (Å²) in [6, 6.07) is 0. The van der Waals surface area contributed by atoms with Crippen molar-refractivity contribution in [1.82, 2.24) is 10.2 Å². The number of aromatic nitrogens is 2. The Hall–Kier alpha value is -0.940. The van der Waals surface area contributed by atoms with E-state index in [4.69, 9.17) is 5.73 Å². The predicted molar refractivity (Wildman–Crippen MR) is 64.3 cm³/mol. The molecule has 0 spiro atoms. The molecule has 3 rings (SSSR count). The molecular formula is C10H11N3S2. The average molecular weight is 237 g/mol. The summed E-state index contributed by atoms with van der Waals surface area (Å²) in [5.74, 6) is 0. The molecule has 3 nitrogen and oxygen atoms in total. The largest absolute Gasteiger partial charge is 0.374 e. The normalized spacial score (nSPS) is 15.2. The first-order valence-electron chi connectivity index (χ1n) is 5.03. The van der Waals surface area contributed by atoms with Crippen LogP contribution >= 0.6 is 22.7 Å². The minimum Gasteiger partial charge on any atom is -0.374 e. The van der Waals surface area contributed by atoms with Crippen LogP contribution in [0, 0.1) is 0 Å². The molecule has 2 aromatic heterocycles. The van der Waals surface area contributed by atoms with Crippen LogP contribution in [0.25, 0.3) is 10.6 Å². The van der Waals surface area contributed by atoms with Crippen molar-refractivity contribution in [2.75, 3.05) is 5.73 Å². The number of aryl methyl sites for hydroxylation is 1. The van der Waals surface area contributed by atoms with E-state index in [-0.39, 0.29) is 0 Å². The van der Waals surface area contributed by atoms with Crippen molar-refractivity contribution in [2.45, 2.75) is 25.7 Å². The zero-order chi connectivity index (χ0) is 10.3. The summed E-state index contributed by atoms with van der Waals surface area (Å²) >= 11 is 3.33. The van der Waals surface area contributed by atoms with Crippen molar-refractivity contribution in [2.24, 2.45) is 0 Å². The van der Waals surface area contributed by atoms with E-state index in [1.165, 1.54) is 53.0 Å². The van der Waals surface area contributed by atoms with Crippen LogP contribution in [0.5, 0.6) is 0 Å². The van der Waals surface area contributed by atoms with Gasteiger partial charge in [0.25, 0.3) is 0 Å². The smallest absolute Gasteiger partial charge is 0.203 e. The van der Waals surface area contributed by atoms with Gasteiger partial charge in [-0.2, -0.15) is 0 Å². The molecule has 0 bridgehead atoms. The Morgan fingerprint density at radius 3 is 2.87 bits per heavy atom. The molecule has 1 aliphatic carbocycles. The van der Waals surface area contributed by atoms with Crippen molar-refractivity contribution in [3.05, 3.63) is 15.8 Å². The van der Waals surface area contributed by atoms with Crippen LogP contribution in [0.4, 0.5) is 5.13 Å². The Morgan fingerprint density at radius 2 is 2.07 bits per heavy atom. The van der Waals surface area contributed by atoms with E-state index < -0.39 is 0 Å². The summed E-state index contributed by atoms with van der Waals surface area (Å²) in [7, 11) is 0. The Balaban J connectivity index is 2.08. The lowest BCUT2D eigenvalue weighted by molar-refractivity contribution is 0.698. The molecule has 0 atom stereocenters. The summed E-state index contributed by atoms with van der Waals surface area (Å²) < 4.78 is 0. The highest BCUT2D eigenvalue weighted by Crippen LogP contribution is 2.37. The number of thiophene rings is 1. The minimum absolute atomic E-state index is 0.556. The van der Waals surface area contributed by atoms with Crippen LogP contribution in [0.2, 0.25) is 0 Å². The molecule has 5 heteroatoms. The molecule has 0 saturated carbocycles.